The van der Waals surface area contributed by atoms with Gasteiger partial charge in [-0.15, -0.1) is 0 Å². The Kier molecular flexibility index (Phi) is 7.85. The summed E-state index contributed by atoms with van der Waals surface area (Å²) in [5.41, 5.74) is 8.57. The number of hydrogen-bond donors (Lipinski definition) is 2. The highest BCUT2D eigenvalue weighted by molar-refractivity contribution is 5.99. The lowest BCUT2D eigenvalue weighted by Gasteiger charge is -2.27. The molecule has 0 aliphatic carbocycles. The summed E-state index contributed by atoms with van der Waals surface area (Å²) in [5.74, 6) is 1.70. The van der Waals surface area contributed by atoms with E-state index in [1.807, 2.05) is 30.3 Å². The minimum Gasteiger partial charge on any atom is -0.492 e. The summed E-state index contributed by atoms with van der Waals surface area (Å²) in [6.07, 6.45) is 1.73. The molecule has 2 fully saturated rings. The van der Waals surface area contributed by atoms with Crippen molar-refractivity contribution in [2.24, 2.45) is 0 Å². The molecule has 4 aromatic rings. The molecule has 11 heteroatoms. The second kappa shape index (κ2) is 12.0. The Balaban J connectivity index is 1.23. The number of halogens is 1. The monoisotopic (exact) mass is 545 g/mol. The SMILES string of the molecule is Nc1nc(Nc2ccc(N3CCOCC3)nc2)nc2c(-c3cc(OCCN4CCOCC4)ccc3F)cccc12. The minimum absolute atomic E-state index is 0.297. The molecule has 2 aliphatic heterocycles. The van der Waals surface area contributed by atoms with E-state index in [0.29, 0.717) is 59.4 Å². The lowest BCUT2D eigenvalue weighted by molar-refractivity contribution is 0.0322. The fraction of sp³-hybridized carbons (Fsp3) is 0.345. The zero-order chi connectivity index (χ0) is 27.3. The van der Waals surface area contributed by atoms with Gasteiger partial charge in [-0.25, -0.2) is 14.4 Å². The first-order valence-electron chi connectivity index (χ1n) is 13.5. The molecule has 0 radical (unpaired) electrons. The number of nitrogens with two attached hydrogens (primary N) is 1. The summed E-state index contributed by atoms with van der Waals surface area (Å²) in [4.78, 5) is 18.2. The Labute approximate surface area is 231 Å². The molecule has 2 aromatic heterocycles. The molecule has 0 saturated carbocycles. The van der Waals surface area contributed by atoms with Crippen LogP contribution in [0.1, 0.15) is 0 Å². The van der Waals surface area contributed by atoms with E-state index in [4.69, 9.17) is 24.9 Å². The van der Waals surface area contributed by atoms with Gasteiger partial charge in [0.1, 0.15) is 29.8 Å². The summed E-state index contributed by atoms with van der Waals surface area (Å²) in [7, 11) is 0. The largest absolute Gasteiger partial charge is 0.492 e. The molecule has 10 nitrogen and oxygen atoms in total. The molecular weight excluding hydrogens is 513 g/mol. The van der Waals surface area contributed by atoms with Gasteiger partial charge >= 0.3 is 0 Å². The predicted molar refractivity (Wildman–Crippen MR) is 153 cm³/mol. The van der Waals surface area contributed by atoms with Gasteiger partial charge in [0.05, 0.1) is 43.8 Å². The molecule has 2 saturated heterocycles. The summed E-state index contributed by atoms with van der Waals surface area (Å²) in [5, 5.41) is 3.83. The number of pyridine rings is 1. The Hall–Kier alpha value is -4.06. The Morgan fingerprint density at radius 3 is 2.50 bits per heavy atom. The predicted octanol–water partition coefficient (Wildman–Crippen LogP) is 3.70. The fourth-order valence-corrected chi connectivity index (χ4v) is 4.94. The molecule has 0 atom stereocenters. The van der Waals surface area contributed by atoms with Gasteiger partial charge in [-0.05, 0) is 36.4 Å². The van der Waals surface area contributed by atoms with E-state index in [2.05, 4.69) is 25.1 Å². The Morgan fingerprint density at radius 1 is 0.925 bits per heavy atom. The molecule has 0 bridgehead atoms. The van der Waals surface area contributed by atoms with Gasteiger partial charge in [0, 0.05) is 49.2 Å². The summed E-state index contributed by atoms with van der Waals surface area (Å²) < 4.78 is 31.9. The van der Waals surface area contributed by atoms with Gasteiger partial charge in [-0.2, -0.15) is 4.98 Å². The van der Waals surface area contributed by atoms with Crippen LogP contribution >= 0.6 is 0 Å². The van der Waals surface area contributed by atoms with Crippen LogP contribution in [0.3, 0.4) is 0 Å². The number of fused-ring (bicyclic) bond motifs is 1. The van der Waals surface area contributed by atoms with E-state index in [1.54, 1.807) is 18.3 Å². The van der Waals surface area contributed by atoms with E-state index >= 15 is 4.39 Å². The highest BCUT2D eigenvalue weighted by Gasteiger charge is 2.16. The van der Waals surface area contributed by atoms with Crippen molar-refractivity contribution < 1.29 is 18.6 Å². The Morgan fingerprint density at radius 2 is 1.73 bits per heavy atom. The maximum absolute atomic E-state index is 15.1. The molecule has 6 rings (SSSR count). The third kappa shape index (κ3) is 5.91. The van der Waals surface area contributed by atoms with Crippen LogP contribution in [0.15, 0.2) is 54.7 Å². The van der Waals surface area contributed by atoms with Crippen LogP contribution in [0.2, 0.25) is 0 Å². The van der Waals surface area contributed by atoms with Crippen molar-refractivity contribution in [3.63, 3.8) is 0 Å². The molecule has 40 heavy (non-hydrogen) atoms. The molecule has 3 N–H and O–H groups in total. The summed E-state index contributed by atoms with van der Waals surface area (Å²) >= 11 is 0. The van der Waals surface area contributed by atoms with Crippen LogP contribution in [-0.4, -0.2) is 85.6 Å². The van der Waals surface area contributed by atoms with Gasteiger partial charge in [-0.3, -0.25) is 4.90 Å². The number of nitrogen functional groups attached to an aromatic ring is 1. The third-order valence-corrected chi connectivity index (χ3v) is 7.10. The highest BCUT2D eigenvalue weighted by atomic mass is 19.1. The van der Waals surface area contributed by atoms with Crippen molar-refractivity contribution >= 4 is 34.2 Å². The minimum atomic E-state index is -0.373. The van der Waals surface area contributed by atoms with Crippen molar-refractivity contribution in [1.82, 2.24) is 19.9 Å². The molecule has 0 spiro atoms. The average molecular weight is 546 g/mol. The van der Waals surface area contributed by atoms with E-state index in [1.165, 1.54) is 6.07 Å². The molecule has 4 heterocycles. The maximum atomic E-state index is 15.1. The first-order chi connectivity index (χ1) is 19.6. The molecular formula is C29H32FN7O3. The number of benzene rings is 2. The number of hydrogen-bond acceptors (Lipinski definition) is 10. The van der Waals surface area contributed by atoms with Crippen molar-refractivity contribution in [1.29, 1.82) is 0 Å². The number of para-hydroxylation sites is 1. The molecule has 0 unspecified atom stereocenters. The normalized spacial score (nSPS) is 16.3. The van der Waals surface area contributed by atoms with Gasteiger partial charge in [0.2, 0.25) is 5.95 Å². The van der Waals surface area contributed by atoms with Crippen LogP contribution in [0.4, 0.5) is 27.7 Å². The lowest BCUT2D eigenvalue weighted by atomic mass is 10.0. The number of morpholine rings is 2. The lowest BCUT2D eigenvalue weighted by Crippen LogP contribution is -2.38. The van der Waals surface area contributed by atoms with Gasteiger partial charge < -0.3 is 30.2 Å². The smallest absolute Gasteiger partial charge is 0.229 e. The first kappa shape index (κ1) is 26.2. The van der Waals surface area contributed by atoms with Crippen molar-refractivity contribution in [2.75, 3.05) is 81.7 Å². The van der Waals surface area contributed by atoms with Crippen molar-refractivity contribution in [3.05, 3.63) is 60.5 Å². The number of nitrogens with one attached hydrogen (secondary N) is 1. The zero-order valence-electron chi connectivity index (χ0n) is 22.2. The number of anilines is 4. The molecule has 0 amide bonds. The van der Waals surface area contributed by atoms with Crippen molar-refractivity contribution in [3.8, 4) is 16.9 Å². The highest BCUT2D eigenvalue weighted by Crippen LogP contribution is 2.34. The number of ether oxygens (including phenoxy) is 3. The standard InChI is InChI=1S/C29H32FN7O3/c30-25-6-5-21(40-17-10-36-8-13-38-14-9-36)18-24(25)22-2-1-3-23-27(22)34-29(35-28(23)31)33-20-4-7-26(32-19-20)37-11-15-39-16-12-37/h1-7,18-19H,8-17H2,(H3,31,33,34,35). The summed E-state index contributed by atoms with van der Waals surface area (Å²) in [6.45, 7) is 7.54. The fourth-order valence-electron chi connectivity index (χ4n) is 4.94. The quantitative estimate of drug-likeness (QED) is 0.340. The molecule has 2 aliphatic rings. The molecule has 208 valence electrons. The molecule has 2 aromatic carbocycles. The second-order valence-electron chi connectivity index (χ2n) is 9.71. The summed E-state index contributed by atoms with van der Waals surface area (Å²) in [6, 6.07) is 14.1. The topological polar surface area (TPSA) is 111 Å². The number of nitrogens with zero attached hydrogens (tertiary/aromatic N) is 5. The van der Waals surface area contributed by atoms with Gasteiger partial charge in [-0.1, -0.05) is 12.1 Å². The van der Waals surface area contributed by atoms with E-state index < -0.39 is 0 Å². The van der Waals surface area contributed by atoms with Crippen molar-refractivity contribution in [2.45, 2.75) is 0 Å². The van der Waals surface area contributed by atoms with Crippen LogP contribution in [0.5, 0.6) is 5.75 Å². The Bertz CT molecular complexity index is 1460. The first-order valence-corrected chi connectivity index (χ1v) is 13.5. The van der Waals surface area contributed by atoms with E-state index in [9.17, 15) is 0 Å². The second-order valence-corrected chi connectivity index (χ2v) is 9.71. The number of aromatic nitrogens is 3. The van der Waals surface area contributed by atoms with Gasteiger partial charge in [0.15, 0.2) is 0 Å². The van der Waals surface area contributed by atoms with Crippen LogP contribution in [0, 0.1) is 5.82 Å². The zero-order valence-corrected chi connectivity index (χ0v) is 22.2. The average Bonchev–Trinajstić information content (AvgIpc) is 2.99. The number of rotatable bonds is 8. The maximum Gasteiger partial charge on any atom is 0.229 e. The van der Waals surface area contributed by atoms with E-state index in [-0.39, 0.29) is 5.82 Å². The van der Waals surface area contributed by atoms with Gasteiger partial charge in [0.25, 0.3) is 0 Å². The van der Waals surface area contributed by atoms with Crippen LogP contribution < -0.4 is 20.7 Å². The van der Waals surface area contributed by atoms with Crippen LogP contribution in [0.25, 0.3) is 22.0 Å². The van der Waals surface area contributed by atoms with E-state index in [0.717, 1.165) is 57.4 Å². The third-order valence-electron chi connectivity index (χ3n) is 7.10. The van der Waals surface area contributed by atoms with Crippen LogP contribution in [-0.2, 0) is 9.47 Å².